The molecule has 0 bridgehead atoms. The van der Waals surface area contributed by atoms with Crippen molar-refractivity contribution in [2.45, 2.75) is 6.61 Å². The van der Waals surface area contributed by atoms with Gasteiger partial charge in [0.15, 0.2) is 0 Å². The number of carboxylic acid groups (broad SMARTS) is 1. The smallest absolute Gasteiger partial charge is 0.335 e. The standard InChI is InChI=1S/C16H13NO3S/c17-13-6-5-10(16(18)19)7-14(13)20-8-11-9-21-15-4-2-1-3-12(11)15/h1-7,9H,8,17H2,(H,18,19). The molecule has 21 heavy (non-hydrogen) atoms. The largest absolute Gasteiger partial charge is 0.487 e. The number of nitrogen functional groups attached to an aromatic ring is 1. The van der Waals surface area contributed by atoms with E-state index in [1.807, 2.05) is 23.6 Å². The zero-order valence-corrected chi connectivity index (χ0v) is 11.9. The van der Waals surface area contributed by atoms with Crippen LogP contribution in [0.3, 0.4) is 0 Å². The zero-order valence-electron chi connectivity index (χ0n) is 11.1. The minimum absolute atomic E-state index is 0.161. The van der Waals surface area contributed by atoms with Gasteiger partial charge in [0.1, 0.15) is 12.4 Å². The molecule has 1 heterocycles. The Bertz CT molecular complexity index is 810. The molecule has 106 valence electrons. The summed E-state index contributed by atoms with van der Waals surface area (Å²) < 4.78 is 6.90. The molecule has 0 atom stereocenters. The van der Waals surface area contributed by atoms with E-state index in [2.05, 4.69) is 6.07 Å². The van der Waals surface area contributed by atoms with Gasteiger partial charge in [-0.15, -0.1) is 11.3 Å². The van der Waals surface area contributed by atoms with Gasteiger partial charge in [0.2, 0.25) is 0 Å². The lowest BCUT2D eigenvalue weighted by Gasteiger charge is -2.09. The van der Waals surface area contributed by atoms with E-state index in [0.717, 1.165) is 10.9 Å². The average Bonchev–Trinajstić information content (AvgIpc) is 2.89. The highest BCUT2D eigenvalue weighted by Crippen LogP contribution is 2.28. The summed E-state index contributed by atoms with van der Waals surface area (Å²) in [6, 6.07) is 12.5. The molecule has 2 aromatic carbocycles. The lowest BCUT2D eigenvalue weighted by molar-refractivity contribution is 0.0696. The fourth-order valence-corrected chi connectivity index (χ4v) is 3.04. The maximum Gasteiger partial charge on any atom is 0.335 e. The van der Waals surface area contributed by atoms with Crippen molar-refractivity contribution in [3.63, 3.8) is 0 Å². The van der Waals surface area contributed by atoms with Crippen molar-refractivity contribution < 1.29 is 14.6 Å². The molecular formula is C16H13NO3S. The third-order valence-corrected chi connectivity index (χ3v) is 4.22. The quantitative estimate of drug-likeness (QED) is 0.719. The molecule has 0 amide bonds. The van der Waals surface area contributed by atoms with Crippen LogP contribution in [0.4, 0.5) is 5.69 Å². The Morgan fingerprint density at radius 1 is 1.24 bits per heavy atom. The first-order chi connectivity index (χ1) is 10.1. The summed E-state index contributed by atoms with van der Waals surface area (Å²) in [4.78, 5) is 11.0. The van der Waals surface area contributed by atoms with Gasteiger partial charge in [-0.05, 0) is 35.0 Å². The molecule has 0 unspecified atom stereocenters. The van der Waals surface area contributed by atoms with Crippen LogP contribution >= 0.6 is 11.3 Å². The second-order valence-electron chi connectivity index (χ2n) is 4.60. The molecule has 1 aromatic heterocycles. The minimum atomic E-state index is -0.999. The number of carbonyl (C=O) groups is 1. The van der Waals surface area contributed by atoms with Gasteiger partial charge in [-0.2, -0.15) is 0 Å². The molecule has 0 fully saturated rings. The fourth-order valence-electron chi connectivity index (χ4n) is 2.09. The highest BCUT2D eigenvalue weighted by molar-refractivity contribution is 7.17. The molecule has 3 aromatic rings. The van der Waals surface area contributed by atoms with Crippen molar-refractivity contribution in [2.24, 2.45) is 0 Å². The van der Waals surface area contributed by atoms with Gasteiger partial charge in [-0.1, -0.05) is 18.2 Å². The van der Waals surface area contributed by atoms with E-state index < -0.39 is 5.97 Å². The van der Waals surface area contributed by atoms with Crippen molar-refractivity contribution in [3.05, 3.63) is 59.0 Å². The van der Waals surface area contributed by atoms with Crippen LogP contribution in [0.1, 0.15) is 15.9 Å². The van der Waals surface area contributed by atoms with E-state index in [1.165, 1.54) is 16.8 Å². The summed E-state index contributed by atoms with van der Waals surface area (Å²) in [5, 5.41) is 12.2. The molecule has 3 N–H and O–H groups in total. The van der Waals surface area contributed by atoms with Crippen LogP contribution < -0.4 is 10.5 Å². The first kappa shape index (κ1) is 13.5. The number of aromatic carboxylic acids is 1. The van der Waals surface area contributed by atoms with Gasteiger partial charge in [-0.3, -0.25) is 0 Å². The second-order valence-corrected chi connectivity index (χ2v) is 5.51. The number of carboxylic acids is 1. The Balaban J connectivity index is 1.84. The normalized spacial score (nSPS) is 10.7. The highest BCUT2D eigenvalue weighted by atomic mass is 32.1. The topological polar surface area (TPSA) is 72.6 Å². The number of fused-ring (bicyclic) bond motifs is 1. The van der Waals surface area contributed by atoms with Crippen LogP contribution in [0.15, 0.2) is 47.8 Å². The van der Waals surface area contributed by atoms with Gasteiger partial charge in [0, 0.05) is 10.3 Å². The molecule has 3 rings (SSSR count). The second kappa shape index (κ2) is 5.46. The molecule has 0 aliphatic heterocycles. The summed E-state index contributed by atoms with van der Waals surface area (Å²) >= 11 is 1.66. The van der Waals surface area contributed by atoms with E-state index >= 15 is 0 Å². The van der Waals surface area contributed by atoms with Crippen LogP contribution in [-0.2, 0) is 6.61 Å². The first-order valence-corrected chi connectivity index (χ1v) is 7.24. The van der Waals surface area contributed by atoms with Crippen LogP contribution in [0, 0.1) is 0 Å². The summed E-state index contributed by atoms with van der Waals surface area (Å²) in [5.74, 6) is -0.606. The fraction of sp³-hybridized carbons (Fsp3) is 0.0625. The number of thiophene rings is 1. The Hall–Kier alpha value is -2.53. The van der Waals surface area contributed by atoms with Gasteiger partial charge in [-0.25, -0.2) is 4.79 Å². The summed E-state index contributed by atoms with van der Waals surface area (Å²) in [7, 11) is 0. The van der Waals surface area contributed by atoms with Crippen LogP contribution in [-0.4, -0.2) is 11.1 Å². The van der Waals surface area contributed by atoms with Gasteiger partial charge in [0.25, 0.3) is 0 Å². The molecule has 0 radical (unpaired) electrons. The molecule has 4 nitrogen and oxygen atoms in total. The molecule has 5 heteroatoms. The molecule has 0 saturated heterocycles. The van der Waals surface area contributed by atoms with Crippen LogP contribution in [0.25, 0.3) is 10.1 Å². The number of benzene rings is 2. The Labute approximate surface area is 125 Å². The lowest BCUT2D eigenvalue weighted by atomic mass is 10.2. The predicted octanol–water partition coefficient (Wildman–Crippen LogP) is 3.76. The third-order valence-electron chi connectivity index (χ3n) is 3.20. The van der Waals surface area contributed by atoms with E-state index in [1.54, 1.807) is 17.4 Å². The van der Waals surface area contributed by atoms with E-state index in [9.17, 15) is 4.79 Å². The predicted molar refractivity (Wildman–Crippen MR) is 84.0 cm³/mol. The molecule has 0 saturated carbocycles. The van der Waals surface area contributed by atoms with Crippen LogP contribution in [0.5, 0.6) is 5.75 Å². The third kappa shape index (κ3) is 2.68. The Morgan fingerprint density at radius 2 is 2.05 bits per heavy atom. The van der Waals surface area contributed by atoms with Gasteiger partial charge in [0.05, 0.1) is 11.3 Å². The van der Waals surface area contributed by atoms with Gasteiger partial charge < -0.3 is 15.6 Å². The lowest BCUT2D eigenvalue weighted by Crippen LogP contribution is -2.02. The number of anilines is 1. The van der Waals surface area contributed by atoms with Crippen molar-refractivity contribution in [3.8, 4) is 5.75 Å². The summed E-state index contributed by atoms with van der Waals surface area (Å²) in [5.41, 5.74) is 7.48. The molecule has 0 aliphatic carbocycles. The number of ether oxygens (including phenoxy) is 1. The SMILES string of the molecule is Nc1ccc(C(=O)O)cc1OCc1csc2ccccc12. The monoisotopic (exact) mass is 299 g/mol. The van der Waals surface area contributed by atoms with Crippen LogP contribution in [0.2, 0.25) is 0 Å². The van der Waals surface area contributed by atoms with Crippen molar-refractivity contribution in [1.29, 1.82) is 0 Å². The Kier molecular flexibility index (Phi) is 3.50. The van der Waals surface area contributed by atoms with Crippen molar-refractivity contribution in [2.75, 3.05) is 5.73 Å². The maximum atomic E-state index is 11.0. The minimum Gasteiger partial charge on any atom is -0.487 e. The number of rotatable bonds is 4. The number of nitrogens with two attached hydrogens (primary N) is 1. The molecule has 0 spiro atoms. The molecule has 0 aliphatic rings. The van der Waals surface area contributed by atoms with Crippen molar-refractivity contribution >= 4 is 33.1 Å². The Morgan fingerprint density at radius 3 is 2.86 bits per heavy atom. The van der Waals surface area contributed by atoms with Crippen molar-refractivity contribution in [1.82, 2.24) is 0 Å². The zero-order chi connectivity index (χ0) is 14.8. The molecular weight excluding hydrogens is 286 g/mol. The highest BCUT2D eigenvalue weighted by Gasteiger charge is 2.09. The first-order valence-electron chi connectivity index (χ1n) is 6.36. The van der Waals surface area contributed by atoms with Gasteiger partial charge >= 0.3 is 5.97 Å². The van der Waals surface area contributed by atoms with E-state index in [4.69, 9.17) is 15.6 Å². The van der Waals surface area contributed by atoms with E-state index in [0.29, 0.717) is 18.0 Å². The average molecular weight is 299 g/mol. The van der Waals surface area contributed by atoms with E-state index in [-0.39, 0.29) is 5.56 Å². The summed E-state index contributed by atoms with van der Waals surface area (Å²) in [6.07, 6.45) is 0. The number of hydrogen-bond donors (Lipinski definition) is 2. The maximum absolute atomic E-state index is 11.0. The summed E-state index contributed by atoms with van der Waals surface area (Å²) in [6.45, 7) is 0.358. The number of hydrogen-bond acceptors (Lipinski definition) is 4.